The highest BCUT2D eigenvalue weighted by Gasteiger charge is 2.25. The molecule has 0 fully saturated rings. The fourth-order valence-electron chi connectivity index (χ4n) is 3.50. The number of benzene rings is 1. The maximum Gasteiger partial charge on any atom is 0.345 e. The normalized spacial score (nSPS) is 13.0. The van der Waals surface area contributed by atoms with Gasteiger partial charge in [0.25, 0.3) is 5.56 Å². The van der Waals surface area contributed by atoms with Crippen molar-refractivity contribution in [3.63, 3.8) is 0 Å². The number of carbonyl (C=O) groups is 1. The van der Waals surface area contributed by atoms with Crippen LogP contribution in [0.1, 0.15) is 21.6 Å². The van der Waals surface area contributed by atoms with Crippen LogP contribution in [0.4, 0.5) is 5.69 Å². The lowest BCUT2D eigenvalue weighted by atomic mass is 9.99. The number of nitrogens with one attached hydrogen (secondary N) is 4. The predicted molar refractivity (Wildman–Crippen MR) is 97.9 cm³/mol. The molecule has 0 saturated carbocycles. The smallest absolute Gasteiger partial charge is 0.345 e. The molecule has 0 unspecified atom stereocenters. The van der Waals surface area contributed by atoms with E-state index >= 15 is 0 Å². The van der Waals surface area contributed by atoms with Crippen LogP contribution in [0.2, 0.25) is 0 Å². The van der Waals surface area contributed by atoms with Crippen LogP contribution in [-0.2, 0) is 13.0 Å². The molecule has 0 atom stereocenters. The number of hydrogen-bond donors (Lipinski definition) is 6. The van der Waals surface area contributed by atoms with Gasteiger partial charge in [0.05, 0.1) is 5.69 Å². The summed E-state index contributed by atoms with van der Waals surface area (Å²) in [5, 5.41) is 26.9. The van der Waals surface area contributed by atoms with E-state index < -0.39 is 22.8 Å². The fourth-order valence-corrected chi connectivity index (χ4v) is 3.50. The molecular weight excluding hydrogens is 336 g/mol. The average molecular weight is 354 g/mol. The van der Waals surface area contributed by atoms with Gasteiger partial charge in [0.15, 0.2) is 5.56 Å². The van der Waals surface area contributed by atoms with Crippen molar-refractivity contribution in [2.45, 2.75) is 13.0 Å². The first-order valence-corrected chi connectivity index (χ1v) is 8.25. The summed E-state index contributed by atoms with van der Waals surface area (Å²) in [6.45, 7) is 1.21. The first-order valence-electron chi connectivity index (χ1n) is 8.25. The minimum Gasteiger partial charge on any atom is -0.506 e. The minimum atomic E-state index is -1.44. The number of rotatable bonds is 3. The van der Waals surface area contributed by atoms with Gasteiger partial charge < -0.3 is 30.8 Å². The summed E-state index contributed by atoms with van der Waals surface area (Å²) >= 11 is 0. The molecule has 0 saturated heterocycles. The molecule has 0 amide bonds. The molecule has 1 aliphatic rings. The lowest BCUT2D eigenvalue weighted by Gasteiger charge is -2.12. The molecule has 1 aromatic carbocycles. The summed E-state index contributed by atoms with van der Waals surface area (Å²) in [6.07, 6.45) is 0.395. The fraction of sp³-hybridized carbons (Fsp3) is 0.222. The van der Waals surface area contributed by atoms with Gasteiger partial charge in [-0.1, -0.05) is 0 Å². The number of aromatic carboxylic acids is 1. The van der Waals surface area contributed by atoms with Gasteiger partial charge in [0.1, 0.15) is 5.75 Å². The predicted octanol–water partition coefficient (Wildman–Crippen LogP) is 1.61. The van der Waals surface area contributed by atoms with Gasteiger partial charge in [-0.25, -0.2) is 4.79 Å². The molecule has 6 N–H and O–H groups in total. The van der Waals surface area contributed by atoms with Crippen LogP contribution in [0.5, 0.6) is 5.75 Å². The molecule has 134 valence electrons. The summed E-state index contributed by atoms with van der Waals surface area (Å²) in [5.74, 6) is -1.90. The molecule has 4 rings (SSSR count). The van der Waals surface area contributed by atoms with Crippen molar-refractivity contribution < 1.29 is 15.0 Å². The Morgan fingerprint density at radius 2 is 2.08 bits per heavy atom. The Morgan fingerprint density at radius 3 is 2.81 bits per heavy atom. The lowest BCUT2D eigenvalue weighted by Crippen LogP contribution is -2.20. The average Bonchev–Trinajstić information content (AvgIpc) is 2.88. The van der Waals surface area contributed by atoms with Gasteiger partial charge in [-0.3, -0.25) is 4.79 Å². The molecule has 0 spiro atoms. The third-order valence-corrected chi connectivity index (χ3v) is 4.65. The van der Waals surface area contributed by atoms with Gasteiger partial charge >= 0.3 is 5.97 Å². The number of hydrogen-bond acceptors (Lipinski definition) is 5. The van der Waals surface area contributed by atoms with Crippen LogP contribution in [0.3, 0.4) is 0 Å². The number of carboxylic acid groups (broad SMARTS) is 1. The van der Waals surface area contributed by atoms with Crippen LogP contribution >= 0.6 is 0 Å². The highest BCUT2D eigenvalue weighted by atomic mass is 16.4. The second-order valence-corrected chi connectivity index (χ2v) is 6.32. The maximum absolute atomic E-state index is 12.2. The molecule has 1 aliphatic heterocycles. The van der Waals surface area contributed by atoms with E-state index in [1.165, 1.54) is 0 Å². The number of aromatic amines is 2. The summed E-state index contributed by atoms with van der Waals surface area (Å²) in [4.78, 5) is 29.5. The van der Waals surface area contributed by atoms with Gasteiger partial charge in [-0.05, 0) is 31.7 Å². The Bertz CT molecular complexity index is 1100. The van der Waals surface area contributed by atoms with Gasteiger partial charge in [0.2, 0.25) is 0 Å². The Balaban J connectivity index is 1.98. The molecule has 0 bridgehead atoms. The van der Waals surface area contributed by atoms with E-state index in [0.29, 0.717) is 30.8 Å². The van der Waals surface area contributed by atoms with Crippen molar-refractivity contribution in [2.24, 2.45) is 0 Å². The van der Waals surface area contributed by atoms with E-state index in [-0.39, 0.29) is 0 Å². The molecular formula is C18H18N4O4. The van der Waals surface area contributed by atoms with Crippen LogP contribution in [0.15, 0.2) is 23.0 Å². The summed E-state index contributed by atoms with van der Waals surface area (Å²) in [6, 6.07) is 5.90. The Hall–Kier alpha value is -3.26. The van der Waals surface area contributed by atoms with Crippen LogP contribution < -0.4 is 16.2 Å². The monoisotopic (exact) mass is 354 g/mol. The van der Waals surface area contributed by atoms with Gasteiger partial charge in [0, 0.05) is 46.5 Å². The number of pyridine rings is 1. The topological polar surface area (TPSA) is 130 Å². The van der Waals surface area contributed by atoms with Gasteiger partial charge in [-0.2, -0.15) is 0 Å². The van der Waals surface area contributed by atoms with Crippen molar-refractivity contribution >= 4 is 22.6 Å². The Labute approximate surface area is 147 Å². The van der Waals surface area contributed by atoms with E-state index in [1.54, 1.807) is 0 Å². The number of aromatic nitrogens is 2. The van der Waals surface area contributed by atoms with Crippen LogP contribution in [0, 0.1) is 0 Å². The molecule has 2 aromatic heterocycles. The molecule has 8 heteroatoms. The lowest BCUT2D eigenvalue weighted by molar-refractivity contribution is 0.0691. The zero-order valence-corrected chi connectivity index (χ0v) is 14.1. The quantitative estimate of drug-likeness (QED) is 0.424. The second-order valence-electron chi connectivity index (χ2n) is 6.32. The third-order valence-electron chi connectivity index (χ3n) is 4.65. The highest BCUT2D eigenvalue weighted by Crippen LogP contribution is 2.38. The molecule has 0 radical (unpaired) electrons. The molecule has 26 heavy (non-hydrogen) atoms. The summed E-state index contributed by atoms with van der Waals surface area (Å²) in [7, 11) is 1.87. The number of fused-ring (bicyclic) bond motifs is 4. The second kappa shape index (κ2) is 5.92. The van der Waals surface area contributed by atoms with E-state index in [0.717, 1.165) is 27.8 Å². The Morgan fingerprint density at radius 1 is 1.27 bits per heavy atom. The van der Waals surface area contributed by atoms with Crippen molar-refractivity contribution in [1.82, 2.24) is 15.3 Å². The van der Waals surface area contributed by atoms with Crippen molar-refractivity contribution in [2.75, 3.05) is 18.9 Å². The van der Waals surface area contributed by atoms with Crippen molar-refractivity contribution in [3.8, 4) is 17.0 Å². The zero-order valence-electron chi connectivity index (χ0n) is 14.1. The summed E-state index contributed by atoms with van der Waals surface area (Å²) in [5.41, 5.74) is 2.97. The van der Waals surface area contributed by atoms with Crippen LogP contribution in [0.25, 0.3) is 22.2 Å². The minimum absolute atomic E-state index is 0.395. The molecule has 0 aliphatic carbocycles. The maximum atomic E-state index is 12.2. The molecule has 8 nitrogen and oxygen atoms in total. The summed E-state index contributed by atoms with van der Waals surface area (Å²) < 4.78 is 0. The standard InChI is InChI=1S/C18H18N4O4/c1-19-7-9-4-8-5-11-13(6-12(8)21-9)20-3-2-10-15(11)22-17(24)14(16(10)23)18(25)26/h4-6,19-21H,2-3,7H2,1H3,(H,25,26)(H2,22,23,24). The van der Waals surface area contributed by atoms with E-state index in [4.69, 9.17) is 0 Å². The highest BCUT2D eigenvalue weighted by molar-refractivity contribution is 5.96. The van der Waals surface area contributed by atoms with E-state index in [9.17, 15) is 19.8 Å². The zero-order chi connectivity index (χ0) is 18.4. The van der Waals surface area contributed by atoms with E-state index in [1.807, 2.05) is 25.2 Å². The van der Waals surface area contributed by atoms with Crippen LogP contribution in [-0.4, -0.2) is 39.7 Å². The SMILES string of the molecule is CNCc1cc2cc3c(cc2[nH]1)NCCc1c-3[nH]c(=O)c(C(=O)O)c1O. The Kier molecular flexibility index (Phi) is 3.69. The molecule has 3 heterocycles. The van der Waals surface area contributed by atoms with Crippen molar-refractivity contribution in [1.29, 1.82) is 0 Å². The number of H-pyrrole nitrogens is 2. The number of aromatic hydroxyl groups is 1. The number of anilines is 1. The largest absolute Gasteiger partial charge is 0.506 e. The van der Waals surface area contributed by atoms with Gasteiger partial charge in [-0.15, -0.1) is 0 Å². The molecule has 3 aromatic rings. The first-order chi connectivity index (χ1) is 12.5. The first kappa shape index (κ1) is 16.2. The van der Waals surface area contributed by atoms with E-state index in [2.05, 4.69) is 20.6 Å². The van der Waals surface area contributed by atoms with Crippen molar-refractivity contribution in [3.05, 3.63) is 45.4 Å². The number of carboxylic acids is 1. The third kappa shape index (κ3) is 2.42.